The zero-order valence-corrected chi connectivity index (χ0v) is 17.6. The van der Waals surface area contributed by atoms with Crippen LogP contribution in [0.4, 0.5) is 13.2 Å². The van der Waals surface area contributed by atoms with E-state index in [0.717, 1.165) is 16.7 Å². The average Bonchev–Trinajstić information content (AvgIpc) is 2.71. The predicted molar refractivity (Wildman–Crippen MR) is 113 cm³/mol. The highest BCUT2D eigenvalue weighted by Gasteiger charge is 2.66. The standard InChI is InChI=1S/C24H24F3N3O2/c1-16(32)29-14-23(15-29)22(21(13-31)30(23)11-10-24(25,26)27)20-8-6-19(7-9-20)18-4-2-17(12-28)3-5-18/h2-9,21-22,31H,10-11,13-15H2,1H3/t21-,22+/m1/s1. The number of aliphatic hydroxyl groups excluding tert-OH is 1. The molecule has 5 nitrogen and oxygen atoms in total. The third kappa shape index (κ3) is 3.87. The minimum absolute atomic E-state index is 0.103. The van der Waals surface area contributed by atoms with Crippen molar-refractivity contribution in [2.75, 3.05) is 26.2 Å². The molecule has 0 radical (unpaired) electrons. The van der Waals surface area contributed by atoms with Crippen molar-refractivity contribution in [3.8, 4) is 17.2 Å². The lowest BCUT2D eigenvalue weighted by molar-refractivity contribution is -0.209. The summed E-state index contributed by atoms with van der Waals surface area (Å²) in [6.45, 7) is 1.73. The van der Waals surface area contributed by atoms with E-state index in [9.17, 15) is 23.1 Å². The topological polar surface area (TPSA) is 67.6 Å². The van der Waals surface area contributed by atoms with Crippen LogP contribution < -0.4 is 0 Å². The summed E-state index contributed by atoms with van der Waals surface area (Å²) in [4.78, 5) is 15.1. The summed E-state index contributed by atoms with van der Waals surface area (Å²) in [5.74, 6) is -0.264. The fraction of sp³-hybridized carbons (Fsp3) is 0.417. The Hall–Kier alpha value is -2.89. The van der Waals surface area contributed by atoms with Crippen LogP contribution in [0.2, 0.25) is 0 Å². The molecule has 2 heterocycles. The van der Waals surface area contributed by atoms with Crippen molar-refractivity contribution in [3.63, 3.8) is 0 Å². The molecule has 0 aliphatic carbocycles. The van der Waals surface area contributed by atoms with E-state index in [1.165, 1.54) is 6.92 Å². The smallest absolute Gasteiger partial charge is 0.390 e. The lowest BCUT2D eigenvalue weighted by Gasteiger charge is -2.70. The highest BCUT2D eigenvalue weighted by molar-refractivity contribution is 5.75. The van der Waals surface area contributed by atoms with Crippen molar-refractivity contribution in [1.29, 1.82) is 5.26 Å². The SMILES string of the molecule is CC(=O)N1CC2(C1)[C@@H](c1ccc(-c3ccc(C#N)cc3)cc1)[C@@H](CO)N2CCC(F)(F)F. The van der Waals surface area contributed by atoms with Gasteiger partial charge in [0.15, 0.2) is 0 Å². The van der Waals surface area contributed by atoms with Gasteiger partial charge in [0, 0.05) is 38.5 Å². The van der Waals surface area contributed by atoms with Gasteiger partial charge in [-0.1, -0.05) is 36.4 Å². The van der Waals surface area contributed by atoms with Crippen molar-refractivity contribution in [1.82, 2.24) is 9.80 Å². The Morgan fingerprint density at radius 1 is 1.12 bits per heavy atom. The Morgan fingerprint density at radius 3 is 2.16 bits per heavy atom. The number of hydrogen-bond acceptors (Lipinski definition) is 4. The maximum Gasteiger partial charge on any atom is 0.390 e. The van der Waals surface area contributed by atoms with Crippen LogP contribution >= 0.6 is 0 Å². The summed E-state index contributed by atoms with van der Waals surface area (Å²) in [6, 6.07) is 16.7. The van der Waals surface area contributed by atoms with Gasteiger partial charge in [0.1, 0.15) is 0 Å². The number of aliphatic hydroxyl groups is 1. The molecule has 2 aromatic rings. The normalized spacial score (nSPS) is 22.2. The molecule has 0 bridgehead atoms. The van der Waals surface area contributed by atoms with Gasteiger partial charge >= 0.3 is 6.18 Å². The van der Waals surface area contributed by atoms with Gasteiger partial charge < -0.3 is 10.0 Å². The summed E-state index contributed by atoms with van der Waals surface area (Å²) >= 11 is 0. The second kappa shape index (κ2) is 8.23. The summed E-state index contributed by atoms with van der Waals surface area (Å²) in [6.07, 6.45) is -5.23. The number of carbonyl (C=O) groups is 1. The maximum absolute atomic E-state index is 12.9. The number of hydrogen-bond donors (Lipinski definition) is 1. The lowest BCUT2D eigenvalue weighted by Crippen LogP contribution is -2.85. The van der Waals surface area contributed by atoms with Gasteiger partial charge in [-0.25, -0.2) is 0 Å². The van der Waals surface area contributed by atoms with E-state index in [0.29, 0.717) is 18.7 Å². The summed E-state index contributed by atoms with van der Waals surface area (Å²) in [7, 11) is 0. The molecule has 2 aromatic carbocycles. The quantitative estimate of drug-likeness (QED) is 0.768. The second-order valence-electron chi connectivity index (χ2n) is 8.58. The molecule has 0 saturated carbocycles. The van der Waals surface area contributed by atoms with Crippen molar-refractivity contribution < 1.29 is 23.1 Å². The van der Waals surface area contributed by atoms with Gasteiger partial charge in [-0.3, -0.25) is 9.69 Å². The number of amides is 1. The monoisotopic (exact) mass is 443 g/mol. The molecule has 2 fully saturated rings. The van der Waals surface area contributed by atoms with E-state index < -0.39 is 24.2 Å². The number of halogens is 3. The number of alkyl halides is 3. The van der Waals surface area contributed by atoms with Crippen LogP contribution in [0.25, 0.3) is 11.1 Å². The van der Waals surface area contributed by atoms with Crippen molar-refractivity contribution in [3.05, 3.63) is 59.7 Å². The van der Waals surface area contributed by atoms with Gasteiger partial charge in [-0.05, 0) is 28.8 Å². The van der Waals surface area contributed by atoms with Gasteiger partial charge in [-0.2, -0.15) is 18.4 Å². The molecule has 1 amide bonds. The zero-order chi connectivity index (χ0) is 23.1. The van der Waals surface area contributed by atoms with Gasteiger partial charge in [-0.15, -0.1) is 0 Å². The minimum atomic E-state index is -4.28. The minimum Gasteiger partial charge on any atom is -0.395 e. The molecule has 0 aromatic heterocycles. The third-order valence-corrected chi connectivity index (χ3v) is 6.75. The number of nitrogens with zero attached hydrogens (tertiary/aromatic N) is 3. The van der Waals surface area contributed by atoms with Crippen LogP contribution in [-0.4, -0.2) is 64.8 Å². The predicted octanol–water partition coefficient (Wildman–Crippen LogP) is 3.54. The zero-order valence-electron chi connectivity index (χ0n) is 17.6. The summed E-state index contributed by atoms with van der Waals surface area (Å²) in [5.41, 5.74) is 2.84. The average molecular weight is 443 g/mol. The van der Waals surface area contributed by atoms with Gasteiger partial charge in [0.05, 0.1) is 30.2 Å². The number of carbonyl (C=O) groups excluding carboxylic acids is 1. The molecule has 1 spiro atoms. The van der Waals surface area contributed by atoms with Crippen LogP contribution in [0.5, 0.6) is 0 Å². The Balaban J connectivity index is 1.59. The first-order valence-electron chi connectivity index (χ1n) is 10.5. The Bertz CT molecular complexity index is 1020. The van der Waals surface area contributed by atoms with E-state index in [4.69, 9.17) is 5.26 Å². The van der Waals surface area contributed by atoms with E-state index in [1.807, 2.05) is 36.4 Å². The Morgan fingerprint density at radius 2 is 1.69 bits per heavy atom. The fourth-order valence-electron chi connectivity index (χ4n) is 5.17. The molecule has 0 unspecified atom stereocenters. The lowest BCUT2D eigenvalue weighted by atomic mass is 9.60. The molecular formula is C24H24F3N3O2. The highest BCUT2D eigenvalue weighted by Crippen LogP contribution is 2.54. The first-order chi connectivity index (χ1) is 15.2. The molecule has 8 heteroatoms. The molecule has 168 valence electrons. The van der Waals surface area contributed by atoms with Crippen molar-refractivity contribution >= 4 is 5.91 Å². The summed E-state index contributed by atoms with van der Waals surface area (Å²) in [5, 5.41) is 18.9. The fourth-order valence-corrected chi connectivity index (χ4v) is 5.17. The number of benzene rings is 2. The second-order valence-corrected chi connectivity index (χ2v) is 8.58. The van der Waals surface area contributed by atoms with Crippen LogP contribution in [0.3, 0.4) is 0 Å². The molecule has 2 aliphatic rings. The molecule has 2 aliphatic heterocycles. The molecule has 2 atom stereocenters. The molecule has 1 N–H and O–H groups in total. The number of likely N-dealkylation sites (tertiary alicyclic amines) is 2. The van der Waals surface area contributed by atoms with E-state index >= 15 is 0 Å². The van der Waals surface area contributed by atoms with Crippen LogP contribution in [-0.2, 0) is 4.79 Å². The molecule has 2 saturated heterocycles. The first-order valence-corrected chi connectivity index (χ1v) is 10.5. The highest BCUT2D eigenvalue weighted by atomic mass is 19.4. The van der Waals surface area contributed by atoms with Crippen molar-refractivity contribution in [2.45, 2.75) is 37.0 Å². The van der Waals surface area contributed by atoms with Crippen molar-refractivity contribution in [2.24, 2.45) is 0 Å². The molecular weight excluding hydrogens is 419 g/mol. The van der Waals surface area contributed by atoms with Gasteiger partial charge in [0.25, 0.3) is 0 Å². The van der Waals surface area contributed by atoms with Crippen LogP contribution in [0.1, 0.15) is 30.4 Å². The van der Waals surface area contributed by atoms with E-state index in [1.54, 1.807) is 21.9 Å². The number of nitriles is 1. The largest absolute Gasteiger partial charge is 0.395 e. The molecule has 4 rings (SSSR count). The van der Waals surface area contributed by atoms with Crippen LogP contribution in [0.15, 0.2) is 48.5 Å². The number of rotatable bonds is 5. The first kappa shape index (κ1) is 22.3. The Kier molecular flexibility index (Phi) is 5.74. The van der Waals surface area contributed by atoms with Gasteiger partial charge in [0.2, 0.25) is 5.91 Å². The van der Waals surface area contributed by atoms with Crippen LogP contribution in [0, 0.1) is 11.3 Å². The maximum atomic E-state index is 12.9. The Labute approximate surface area is 184 Å². The van der Waals surface area contributed by atoms with E-state index in [-0.39, 0.29) is 25.0 Å². The third-order valence-electron chi connectivity index (χ3n) is 6.75. The molecule has 32 heavy (non-hydrogen) atoms. The summed E-state index contributed by atoms with van der Waals surface area (Å²) < 4.78 is 38.7. The van der Waals surface area contributed by atoms with E-state index in [2.05, 4.69) is 6.07 Å².